The maximum absolute atomic E-state index is 5.44. The van der Waals surface area contributed by atoms with Gasteiger partial charge in [-0.15, -0.1) is 22.7 Å². The van der Waals surface area contributed by atoms with Gasteiger partial charge < -0.3 is 0 Å². The smallest absolute Gasteiger partial charge is 0.235 e. The van der Waals surface area contributed by atoms with Gasteiger partial charge in [0.2, 0.25) is 5.95 Å². The molecule has 0 radical (unpaired) electrons. The van der Waals surface area contributed by atoms with Crippen LogP contribution in [0.2, 0.25) is 0 Å². The molecule has 0 N–H and O–H groups in total. The zero-order chi connectivity index (χ0) is 32.1. The van der Waals surface area contributed by atoms with E-state index in [2.05, 4.69) is 131 Å². The van der Waals surface area contributed by atoms with E-state index in [1.165, 1.54) is 46.8 Å². The van der Waals surface area contributed by atoms with Gasteiger partial charge in [-0.3, -0.25) is 4.57 Å². The number of hydrogen-bond donors (Lipinski definition) is 0. The van der Waals surface area contributed by atoms with Gasteiger partial charge in [0.05, 0.1) is 22.2 Å². The molecule has 0 aliphatic heterocycles. The van der Waals surface area contributed by atoms with E-state index in [9.17, 15) is 0 Å². The van der Waals surface area contributed by atoms with E-state index in [0.29, 0.717) is 5.95 Å². The summed E-state index contributed by atoms with van der Waals surface area (Å²) < 4.78 is 6.05. The second kappa shape index (κ2) is 10.2. The van der Waals surface area contributed by atoms with Gasteiger partial charge in [0, 0.05) is 63.6 Å². The van der Waals surface area contributed by atoms with E-state index in [4.69, 9.17) is 15.0 Å². The van der Waals surface area contributed by atoms with E-state index >= 15 is 0 Å². The number of benzene rings is 6. The number of hydrogen-bond acceptors (Lipinski definition) is 6. The topological polar surface area (TPSA) is 56.5 Å². The largest absolute Gasteiger partial charge is 0.277 e. The lowest BCUT2D eigenvalue weighted by Gasteiger charge is -2.13. The van der Waals surface area contributed by atoms with Gasteiger partial charge in [-0.2, -0.15) is 0 Å². The highest BCUT2D eigenvalue weighted by atomic mass is 32.1. The van der Waals surface area contributed by atoms with Crippen molar-refractivity contribution in [3.63, 3.8) is 0 Å². The van der Waals surface area contributed by atoms with Gasteiger partial charge in [-0.25, -0.2) is 19.9 Å². The minimum atomic E-state index is 0.644. The first-order valence-electron chi connectivity index (χ1n) is 16.1. The molecule has 6 aromatic carbocycles. The molecule has 5 heterocycles. The molecule has 228 valence electrons. The van der Waals surface area contributed by atoms with Crippen LogP contribution >= 0.6 is 22.7 Å². The third-order valence-electron chi connectivity index (χ3n) is 9.59. The molecule has 11 aromatic rings. The fourth-order valence-electron chi connectivity index (χ4n) is 7.45. The molecule has 0 saturated carbocycles. The van der Waals surface area contributed by atoms with Gasteiger partial charge in [0.25, 0.3) is 0 Å². The molecule has 11 rings (SSSR count). The number of thiophene rings is 2. The molecule has 0 aliphatic rings. The van der Waals surface area contributed by atoms with Crippen LogP contribution in [-0.4, -0.2) is 24.5 Å². The Kier molecular flexibility index (Phi) is 5.64. The standard InChI is InChI=1S/C42H23N5S2/c1-2-10-24(11-3-1)25-18-20-26(21-19-25)37-27-12-4-7-15-31(27)45-42(46-37)47-32-16-8-5-13-28(32)34-38(47)35-30-22-43-23-44-41(30)49-40(35)36-29-14-6-9-17-33(29)48-39(34)36/h1-23H. The van der Waals surface area contributed by atoms with Crippen molar-refractivity contribution < 1.29 is 0 Å². The molecule has 0 bridgehead atoms. The summed E-state index contributed by atoms with van der Waals surface area (Å²) in [5, 5.41) is 8.16. The maximum Gasteiger partial charge on any atom is 0.235 e. The third kappa shape index (κ3) is 3.85. The second-order valence-corrected chi connectivity index (χ2v) is 14.3. The Labute approximate surface area is 287 Å². The van der Waals surface area contributed by atoms with Crippen molar-refractivity contribution in [2.45, 2.75) is 0 Å². The average Bonchev–Trinajstić information content (AvgIpc) is 3.84. The van der Waals surface area contributed by atoms with E-state index in [0.717, 1.165) is 48.8 Å². The highest BCUT2D eigenvalue weighted by Gasteiger charge is 2.26. The highest BCUT2D eigenvalue weighted by Crippen LogP contribution is 2.51. The van der Waals surface area contributed by atoms with E-state index in [1.807, 2.05) is 23.6 Å². The Morgan fingerprint density at radius 1 is 0.510 bits per heavy atom. The summed E-state index contributed by atoms with van der Waals surface area (Å²) in [5.74, 6) is 0.644. The van der Waals surface area contributed by atoms with E-state index in [-0.39, 0.29) is 0 Å². The summed E-state index contributed by atoms with van der Waals surface area (Å²) in [5.41, 5.74) is 7.38. The van der Waals surface area contributed by atoms with Crippen LogP contribution in [0.5, 0.6) is 0 Å². The molecule has 5 aromatic heterocycles. The number of para-hydroxylation sites is 2. The number of fused-ring (bicyclic) bond motifs is 13. The van der Waals surface area contributed by atoms with Crippen molar-refractivity contribution in [1.82, 2.24) is 24.5 Å². The summed E-state index contributed by atoms with van der Waals surface area (Å²) in [4.78, 5) is 21.0. The molecule has 0 atom stereocenters. The predicted molar refractivity (Wildman–Crippen MR) is 206 cm³/mol. The average molecular weight is 662 g/mol. The zero-order valence-electron chi connectivity index (χ0n) is 25.8. The Morgan fingerprint density at radius 2 is 1.18 bits per heavy atom. The molecule has 49 heavy (non-hydrogen) atoms. The fourth-order valence-corrected chi connectivity index (χ4v) is 9.96. The van der Waals surface area contributed by atoms with Crippen molar-refractivity contribution in [2.24, 2.45) is 0 Å². The molecule has 0 unspecified atom stereocenters. The molecule has 0 fully saturated rings. The van der Waals surface area contributed by atoms with Crippen molar-refractivity contribution in [1.29, 1.82) is 0 Å². The van der Waals surface area contributed by atoms with Gasteiger partial charge in [0.1, 0.15) is 11.2 Å². The number of nitrogens with zero attached hydrogens (tertiary/aromatic N) is 5. The Bertz CT molecular complexity index is 3070. The Hall–Kier alpha value is -6.02. The Balaban J connectivity index is 1.29. The lowest BCUT2D eigenvalue weighted by Crippen LogP contribution is -2.03. The van der Waals surface area contributed by atoms with Gasteiger partial charge in [-0.05, 0) is 29.3 Å². The molecular formula is C42H23N5S2. The van der Waals surface area contributed by atoms with Crippen molar-refractivity contribution in [2.75, 3.05) is 0 Å². The van der Waals surface area contributed by atoms with Crippen molar-refractivity contribution >= 4 is 95.9 Å². The van der Waals surface area contributed by atoms with E-state index in [1.54, 1.807) is 17.7 Å². The molecule has 0 spiro atoms. The van der Waals surface area contributed by atoms with Crippen LogP contribution in [0.4, 0.5) is 0 Å². The zero-order valence-corrected chi connectivity index (χ0v) is 27.5. The first kappa shape index (κ1) is 27.0. The fraction of sp³-hybridized carbons (Fsp3) is 0. The number of aromatic nitrogens is 5. The van der Waals surface area contributed by atoms with Gasteiger partial charge in [0.15, 0.2) is 0 Å². The normalized spacial score (nSPS) is 12.1. The quantitative estimate of drug-likeness (QED) is 0.189. The molecule has 0 amide bonds. The summed E-state index contributed by atoms with van der Waals surface area (Å²) in [7, 11) is 0. The van der Waals surface area contributed by atoms with E-state index < -0.39 is 0 Å². The third-order valence-corrected chi connectivity index (χ3v) is 11.9. The summed E-state index contributed by atoms with van der Waals surface area (Å²) in [6.07, 6.45) is 3.61. The molecule has 7 heteroatoms. The lowest BCUT2D eigenvalue weighted by molar-refractivity contribution is 1.02. The van der Waals surface area contributed by atoms with Crippen LogP contribution in [-0.2, 0) is 0 Å². The van der Waals surface area contributed by atoms with Crippen LogP contribution in [0, 0.1) is 0 Å². The molecule has 0 saturated heterocycles. The first-order chi connectivity index (χ1) is 24.3. The van der Waals surface area contributed by atoms with Crippen LogP contribution in [0.25, 0.3) is 102 Å². The van der Waals surface area contributed by atoms with Gasteiger partial charge in [-0.1, -0.05) is 109 Å². The van der Waals surface area contributed by atoms with Crippen molar-refractivity contribution in [3.05, 3.63) is 140 Å². The minimum absolute atomic E-state index is 0.644. The van der Waals surface area contributed by atoms with Crippen LogP contribution in [0.3, 0.4) is 0 Å². The van der Waals surface area contributed by atoms with Gasteiger partial charge >= 0.3 is 0 Å². The summed E-state index contributed by atoms with van der Waals surface area (Å²) >= 11 is 3.60. The molecule has 0 aliphatic carbocycles. The lowest BCUT2D eigenvalue weighted by atomic mass is 10.0. The Morgan fingerprint density at radius 3 is 2.06 bits per heavy atom. The van der Waals surface area contributed by atoms with Crippen LogP contribution in [0.1, 0.15) is 0 Å². The monoisotopic (exact) mass is 661 g/mol. The predicted octanol–water partition coefficient (Wildman–Crippen LogP) is 11.6. The SMILES string of the molecule is c1ccc(-c2ccc(-c3nc(-n4c5ccccc5c5c6sc7ccccc7c6c6sc7ncncc7c6c54)nc4ccccc34)cc2)cc1. The highest BCUT2D eigenvalue weighted by molar-refractivity contribution is 7.30. The van der Waals surface area contributed by atoms with Crippen LogP contribution in [0.15, 0.2) is 140 Å². The first-order valence-corrected chi connectivity index (χ1v) is 17.8. The minimum Gasteiger partial charge on any atom is -0.277 e. The summed E-state index contributed by atoms with van der Waals surface area (Å²) in [6.45, 7) is 0. The molecular weight excluding hydrogens is 639 g/mol. The molecule has 5 nitrogen and oxygen atoms in total. The second-order valence-electron chi connectivity index (χ2n) is 12.3. The maximum atomic E-state index is 5.44. The number of rotatable bonds is 3. The van der Waals surface area contributed by atoms with Crippen molar-refractivity contribution in [3.8, 4) is 28.3 Å². The summed E-state index contributed by atoms with van der Waals surface area (Å²) in [6, 6.07) is 44.9. The van der Waals surface area contributed by atoms with Crippen LogP contribution < -0.4 is 0 Å².